The molecular formula is C32H51BrO3. The van der Waals surface area contributed by atoms with E-state index in [0.29, 0.717) is 46.5 Å². The van der Waals surface area contributed by atoms with E-state index >= 15 is 0 Å². The van der Waals surface area contributed by atoms with Gasteiger partial charge in [0.15, 0.2) is 0 Å². The third kappa shape index (κ3) is 3.54. The van der Waals surface area contributed by atoms with Crippen LogP contribution in [0.15, 0.2) is 12.2 Å². The first-order chi connectivity index (χ1) is 16.8. The van der Waals surface area contributed by atoms with Crippen molar-refractivity contribution in [3.63, 3.8) is 0 Å². The third-order valence-corrected chi connectivity index (χ3v) is 14.3. The molecule has 5 aliphatic carbocycles. The summed E-state index contributed by atoms with van der Waals surface area (Å²) in [5, 5.41) is 11.2. The first kappa shape index (κ1) is 27.2. The number of ether oxygens (including phenoxy) is 1. The lowest BCUT2D eigenvalue weighted by Gasteiger charge is -2.73. The van der Waals surface area contributed by atoms with E-state index in [0.717, 1.165) is 12.3 Å². The monoisotopic (exact) mass is 562 g/mol. The van der Waals surface area contributed by atoms with Gasteiger partial charge in [0.05, 0.1) is 12.7 Å². The van der Waals surface area contributed by atoms with Crippen LogP contribution in [0.4, 0.5) is 0 Å². The molecule has 0 spiro atoms. The number of allylic oxidation sites excluding steroid dienone is 1. The van der Waals surface area contributed by atoms with E-state index in [4.69, 9.17) is 4.74 Å². The predicted octanol–water partition coefficient (Wildman–Crippen LogP) is 7.94. The number of halogens is 1. The Kier molecular flexibility index (Phi) is 6.68. The molecule has 0 heterocycles. The quantitative estimate of drug-likeness (QED) is 0.215. The van der Waals surface area contributed by atoms with Crippen molar-refractivity contribution in [3.05, 3.63) is 12.2 Å². The predicted molar refractivity (Wildman–Crippen MR) is 150 cm³/mol. The van der Waals surface area contributed by atoms with Crippen molar-refractivity contribution in [2.45, 2.75) is 112 Å². The van der Waals surface area contributed by atoms with E-state index in [1.54, 1.807) is 0 Å². The standard InChI is InChI=1S/C32H51BrO3/c1-20(2)21-10-15-32(19-36-26(35)18-33)17-16-30(6)22(27(21)32)8-9-24-29(5)13-12-25(34)28(3,4)23(29)11-14-31(24,30)7/h21-25,27,34H,1,8-19H2,2-7H3/t21-,22?,23?,24?,25-,27?,29-,30+,31+,32+/m0/s1. The average molecular weight is 564 g/mol. The largest absolute Gasteiger partial charge is 0.464 e. The van der Waals surface area contributed by atoms with Crippen molar-refractivity contribution >= 4 is 21.9 Å². The number of aliphatic hydroxyl groups excluding tert-OH is 1. The Bertz CT molecular complexity index is 913. The molecule has 5 rings (SSSR count). The maximum absolute atomic E-state index is 12.2. The maximum atomic E-state index is 12.2. The van der Waals surface area contributed by atoms with Crippen LogP contribution in [0.2, 0.25) is 0 Å². The van der Waals surface area contributed by atoms with Crippen molar-refractivity contribution in [2.24, 2.45) is 56.7 Å². The summed E-state index contributed by atoms with van der Waals surface area (Å²) in [6, 6.07) is 0. The van der Waals surface area contributed by atoms with Crippen molar-refractivity contribution in [1.29, 1.82) is 0 Å². The summed E-state index contributed by atoms with van der Waals surface area (Å²) in [4.78, 5) is 12.2. The number of hydrogen-bond acceptors (Lipinski definition) is 3. The second kappa shape index (κ2) is 8.83. The highest BCUT2D eigenvalue weighted by atomic mass is 79.9. The summed E-state index contributed by atoms with van der Waals surface area (Å²) in [6.45, 7) is 19.9. The van der Waals surface area contributed by atoms with Gasteiger partial charge in [-0.2, -0.15) is 0 Å². The zero-order chi connectivity index (χ0) is 26.3. The van der Waals surface area contributed by atoms with E-state index < -0.39 is 0 Å². The van der Waals surface area contributed by atoms with Gasteiger partial charge in [-0.05, 0) is 122 Å². The first-order valence-corrected chi connectivity index (χ1v) is 15.9. The van der Waals surface area contributed by atoms with Gasteiger partial charge in [-0.3, -0.25) is 4.79 Å². The molecule has 204 valence electrons. The lowest BCUT2D eigenvalue weighted by atomic mass is 9.32. The highest BCUT2D eigenvalue weighted by molar-refractivity contribution is 9.09. The van der Waals surface area contributed by atoms with E-state index in [9.17, 15) is 9.90 Å². The molecule has 0 amide bonds. The van der Waals surface area contributed by atoms with Crippen LogP contribution in [-0.2, 0) is 9.53 Å². The molecule has 5 saturated carbocycles. The smallest absolute Gasteiger partial charge is 0.316 e. The zero-order valence-electron chi connectivity index (χ0n) is 23.8. The molecule has 10 atom stereocenters. The summed E-state index contributed by atoms with van der Waals surface area (Å²) < 4.78 is 5.89. The number of fused-ring (bicyclic) bond motifs is 7. The minimum Gasteiger partial charge on any atom is -0.464 e. The molecule has 0 bridgehead atoms. The lowest BCUT2D eigenvalue weighted by molar-refractivity contribution is -0.249. The highest BCUT2D eigenvalue weighted by Crippen LogP contribution is 2.77. The average Bonchev–Trinajstić information content (AvgIpc) is 3.21. The lowest BCUT2D eigenvalue weighted by Crippen LogP contribution is -2.66. The Labute approximate surface area is 228 Å². The Morgan fingerprint density at radius 2 is 1.64 bits per heavy atom. The molecule has 3 nitrogen and oxygen atoms in total. The second-order valence-electron chi connectivity index (χ2n) is 15.2. The summed E-state index contributed by atoms with van der Waals surface area (Å²) in [5.74, 6) is 2.99. The highest BCUT2D eigenvalue weighted by Gasteiger charge is 2.70. The van der Waals surface area contributed by atoms with Crippen LogP contribution in [0.5, 0.6) is 0 Å². The molecule has 4 unspecified atom stereocenters. The number of carbonyl (C=O) groups is 1. The molecule has 5 aliphatic rings. The van der Waals surface area contributed by atoms with Crippen LogP contribution >= 0.6 is 15.9 Å². The van der Waals surface area contributed by atoms with Crippen molar-refractivity contribution < 1.29 is 14.6 Å². The maximum Gasteiger partial charge on any atom is 0.316 e. The normalized spacial score (nSPS) is 51.3. The fourth-order valence-corrected chi connectivity index (χ4v) is 11.9. The summed E-state index contributed by atoms with van der Waals surface area (Å²) in [7, 11) is 0. The third-order valence-electron chi connectivity index (χ3n) is 13.8. The number of carbonyl (C=O) groups excluding carboxylic acids is 1. The Balaban J connectivity index is 1.51. The van der Waals surface area contributed by atoms with Crippen molar-refractivity contribution in [3.8, 4) is 0 Å². The van der Waals surface area contributed by atoms with Crippen LogP contribution in [0.3, 0.4) is 0 Å². The van der Waals surface area contributed by atoms with Gasteiger partial charge in [0, 0.05) is 5.41 Å². The van der Waals surface area contributed by atoms with Gasteiger partial charge in [-0.25, -0.2) is 0 Å². The molecule has 36 heavy (non-hydrogen) atoms. The van der Waals surface area contributed by atoms with Gasteiger partial charge in [0.2, 0.25) is 0 Å². The van der Waals surface area contributed by atoms with Crippen molar-refractivity contribution in [2.75, 3.05) is 11.9 Å². The molecule has 5 fully saturated rings. The van der Waals surface area contributed by atoms with Crippen LogP contribution in [0, 0.1) is 56.7 Å². The first-order valence-electron chi connectivity index (χ1n) is 14.8. The number of alkyl halides is 1. The van der Waals surface area contributed by atoms with Gasteiger partial charge >= 0.3 is 5.97 Å². The topological polar surface area (TPSA) is 46.5 Å². The molecule has 0 aromatic carbocycles. The van der Waals surface area contributed by atoms with Crippen LogP contribution in [0.1, 0.15) is 106 Å². The summed E-state index contributed by atoms with van der Waals surface area (Å²) in [6.07, 6.45) is 11.9. The summed E-state index contributed by atoms with van der Waals surface area (Å²) >= 11 is 3.29. The number of aliphatic hydroxyl groups is 1. The van der Waals surface area contributed by atoms with Crippen LogP contribution in [-0.4, -0.2) is 29.1 Å². The number of esters is 1. The Morgan fingerprint density at radius 1 is 0.917 bits per heavy atom. The Hall–Kier alpha value is -0.350. The van der Waals surface area contributed by atoms with E-state index in [1.165, 1.54) is 63.4 Å². The number of hydrogen-bond donors (Lipinski definition) is 1. The zero-order valence-corrected chi connectivity index (χ0v) is 25.4. The molecule has 0 aromatic heterocycles. The minimum absolute atomic E-state index is 0.00357. The van der Waals surface area contributed by atoms with Gasteiger partial charge < -0.3 is 9.84 Å². The summed E-state index contributed by atoms with van der Waals surface area (Å²) in [5.41, 5.74) is 2.39. The van der Waals surface area contributed by atoms with Gasteiger partial charge in [0.1, 0.15) is 5.33 Å². The molecule has 0 aliphatic heterocycles. The van der Waals surface area contributed by atoms with Crippen molar-refractivity contribution in [1.82, 2.24) is 0 Å². The molecule has 0 radical (unpaired) electrons. The van der Waals surface area contributed by atoms with E-state index in [-0.39, 0.29) is 28.2 Å². The molecule has 0 aromatic rings. The van der Waals surface area contributed by atoms with E-state index in [1.807, 2.05) is 0 Å². The second-order valence-corrected chi connectivity index (χ2v) is 15.8. The van der Waals surface area contributed by atoms with Crippen LogP contribution < -0.4 is 0 Å². The fraction of sp³-hybridized carbons (Fsp3) is 0.906. The van der Waals surface area contributed by atoms with Gasteiger partial charge in [0.25, 0.3) is 0 Å². The van der Waals surface area contributed by atoms with E-state index in [2.05, 4.69) is 64.1 Å². The fourth-order valence-electron chi connectivity index (χ4n) is 11.8. The molecule has 1 N–H and O–H groups in total. The SMILES string of the molecule is C=C(C)[C@@H]1CC[C@]2(COC(=O)CBr)CC[C@]3(C)C(CCC4[C@@]5(C)CC[C@H](O)C(C)(C)C5CC[C@]43C)C12. The Morgan fingerprint density at radius 3 is 2.31 bits per heavy atom. The minimum atomic E-state index is -0.167. The van der Waals surface area contributed by atoms with Gasteiger partial charge in [-0.15, -0.1) is 0 Å². The molecule has 0 saturated heterocycles. The number of rotatable bonds is 4. The van der Waals surface area contributed by atoms with Crippen LogP contribution in [0.25, 0.3) is 0 Å². The molecular weight excluding hydrogens is 512 g/mol. The molecule has 4 heteroatoms. The van der Waals surface area contributed by atoms with Gasteiger partial charge in [-0.1, -0.05) is 62.7 Å².